The highest BCUT2D eigenvalue weighted by Gasteiger charge is 2.06. The van der Waals surface area contributed by atoms with Gasteiger partial charge in [-0.15, -0.1) is 0 Å². The first kappa shape index (κ1) is 15.4. The average molecular weight is 301 g/mol. The Hall–Kier alpha value is -2.01. The fourth-order valence-electron chi connectivity index (χ4n) is 1.99. The van der Waals surface area contributed by atoms with Crippen molar-refractivity contribution in [1.82, 2.24) is 10.3 Å². The molecule has 2 aromatic rings. The number of hydrogen-bond acceptors (Lipinski definition) is 4. The van der Waals surface area contributed by atoms with Crippen molar-refractivity contribution >= 4 is 23.4 Å². The maximum absolute atomic E-state index is 12.0. The Morgan fingerprint density at radius 1 is 1.29 bits per heavy atom. The van der Waals surface area contributed by atoms with Crippen LogP contribution in [0.2, 0.25) is 0 Å². The van der Waals surface area contributed by atoms with Crippen LogP contribution >= 0.6 is 11.8 Å². The van der Waals surface area contributed by atoms with Crippen LogP contribution in [0.1, 0.15) is 16.8 Å². The number of nitrogens with one attached hydrogen (secondary N) is 1. The first-order chi connectivity index (χ1) is 10.2. The van der Waals surface area contributed by atoms with E-state index in [0.717, 1.165) is 23.3 Å². The first-order valence-electron chi connectivity index (χ1n) is 6.79. The predicted molar refractivity (Wildman–Crippen MR) is 89.4 cm³/mol. The summed E-state index contributed by atoms with van der Waals surface area (Å²) < 4.78 is 0. The summed E-state index contributed by atoms with van der Waals surface area (Å²) in [7, 11) is 0. The molecule has 0 atom stereocenters. The number of nitrogens with zero attached hydrogens (tertiary/aromatic N) is 1. The zero-order valence-electron chi connectivity index (χ0n) is 12.0. The highest BCUT2D eigenvalue weighted by molar-refractivity contribution is 7.98. The molecule has 0 aliphatic carbocycles. The quantitative estimate of drug-likeness (QED) is 0.805. The van der Waals surface area contributed by atoms with Gasteiger partial charge < -0.3 is 11.1 Å². The summed E-state index contributed by atoms with van der Waals surface area (Å²) in [5.74, 6) is 1.02. The molecule has 0 radical (unpaired) electrons. The summed E-state index contributed by atoms with van der Waals surface area (Å²) in [6.45, 7) is 0.707. The van der Waals surface area contributed by atoms with Crippen molar-refractivity contribution in [3.05, 3.63) is 48.3 Å². The van der Waals surface area contributed by atoms with E-state index in [-0.39, 0.29) is 5.91 Å². The third-order valence-electron chi connectivity index (χ3n) is 3.12. The van der Waals surface area contributed by atoms with Crippen LogP contribution in [0.3, 0.4) is 0 Å². The molecular formula is C16H19N3OS. The molecule has 110 valence electrons. The average Bonchev–Trinajstić information content (AvgIpc) is 2.52. The molecule has 0 unspecified atom stereocenters. The van der Waals surface area contributed by atoms with E-state index in [1.165, 1.54) is 0 Å². The summed E-state index contributed by atoms with van der Waals surface area (Å²) in [5.41, 5.74) is 9.10. The van der Waals surface area contributed by atoms with Gasteiger partial charge in [-0.3, -0.25) is 9.78 Å². The van der Waals surface area contributed by atoms with E-state index < -0.39 is 0 Å². The number of thioether (sulfide) groups is 1. The van der Waals surface area contributed by atoms with Crippen molar-refractivity contribution in [3.63, 3.8) is 0 Å². The summed E-state index contributed by atoms with van der Waals surface area (Å²) in [6, 6.07) is 9.32. The second-order valence-electron chi connectivity index (χ2n) is 4.64. The van der Waals surface area contributed by atoms with Crippen molar-refractivity contribution in [2.45, 2.75) is 6.42 Å². The van der Waals surface area contributed by atoms with Gasteiger partial charge in [0, 0.05) is 23.9 Å². The molecule has 5 heteroatoms. The molecule has 2 rings (SSSR count). The molecule has 4 nitrogen and oxygen atoms in total. The number of rotatable bonds is 6. The Kier molecular flexibility index (Phi) is 5.63. The first-order valence-corrected chi connectivity index (χ1v) is 8.19. The molecule has 0 bridgehead atoms. The Labute approximate surface area is 129 Å². The molecule has 0 saturated carbocycles. The molecule has 0 aliphatic rings. The number of carbonyl (C=O) groups excluding carboxylic acids is 1. The zero-order chi connectivity index (χ0) is 15.1. The third kappa shape index (κ3) is 4.23. The van der Waals surface area contributed by atoms with Crippen molar-refractivity contribution < 1.29 is 4.79 Å². The van der Waals surface area contributed by atoms with Crippen molar-refractivity contribution in [1.29, 1.82) is 0 Å². The van der Waals surface area contributed by atoms with Gasteiger partial charge in [-0.25, -0.2) is 0 Å². The van der Waals surface area contributed by atoms with Crippen LogP contribution in [-0.4, -0.2) is 29.4 Å². The Morgan fingerprint density at radius 2 is 2.05 bits per heavy atom. The Bertz CT molecular complexity index is 599. The molecule has 1 aromatic heterocycles. The lowest BCUT2D eigenvalue weighted by atomic mass is 10.0. The van der Waals surface area contributed by atoms with Crippen LogP contribution in [0.4, 0.5) is 5.69 Å². The lowest BCUT2D eigenvalue weighted by Crippen LogP contribution is -2.24. The number of hydrogen-bond donors (Lipinski definition) is 2. The molecular weight excluding hydrogens is 282 g/mol. The van der Waals surface area contributed by atoms with Crippen molar-refractivity contribution in [2.75, 3.05) is 24.3 Å². The summed E-state index contributed by atoms with van der Waals surface area (Å²) in [6.07, 6.45) is 6.38. The van der Waals surface area contributed by atoms with E-state index in [9.17, 15) is 4.79 Å². The number of benzene rings is 1. The van der Waals surface area contributed by atoms with Crippen LogP contribution in [-0.2, 0) is 0 Å². The molecule has 0 fully saturated rings. The highest BCUT2D eigenvalue weighted by atomic mass is 32.2. The van der Waals surface area contributed by atoms with Gasteiger partial charge in [-0.1, -0.05) is 12.1 Å². The topological polar surface area (TPSA) is 68.0 Å². The van der Waals surface area contributed by atoms with E-state index in [4.69, 9.17) is 5.73 Å². The SMILES string of the molecule is CSCCCNC(=O)c1ccc(-c2ccncc2N)cc1. The molecule has 1 amide bonds. The van der Waals surface area contributed by atoms with Crippen LogP contribution in [0.15, 0.2) is 42.7 Å². The van der Waals surface area contributed by atoms with Gasteiger partial charge in [-0.05, 0) is 42.2 Å². The molecule has 1 heterocycles. The van der Waals surface area contributed by atoms with Gasteiger partial charge in [0.1, 0.15) is 0 Å². The van der Waals surface area contributed by atoms with Gasteiger partial charge in [0.25, 0.3) is 5.91 Å². The van der Waals surface area contributed by atoms with E-state index >= 15 is 0 Å². The molecule has 3 N–H and O–H groups in total. The van der Waals surface area contributed by atoms with Gasteiger partial charge in [0.15, 0.2) is 0 Å². The number of nitrogen functional groups attached to an aromatic ring is 1. The lowest BCUT2D eigenvalue weighted by Gasteiger charge is -2.07. The van der Waals surface area contributed by atoms with E-state index in [1.807, 2.05) is 30.3 Å². The highest BCUT2D eigenvalue weighted by Crippen LogP contribution is 2.24. The standard InChI is InChI=1S/C16H19N3OS/c1-21-10-2-8-19-16(20)13-5-3-12(4-6-13)14-7-9-18-11-15(14)17/h3-7,9,11H,2,8,10,17H2,1H3,(H,19,20). The van der Waals surface area contributed by atoms with Crippen LogP contribution in [0.25, 0.3) is 11.1 Å². The van der Waals surface area contributed by atoms with Crippen LogP contribution < -0.4 is 11.1 Å². The Balaban J connectivity index is 2.02. The molecule has 0 saturated heterocycles. The summed E-state index contributed by atoms with van der Waals surface area (Å²) in [4.78, 5) is 15.9. The maximum atomic E-state index is 12.0. The zero-order valence-corrected chi connectivity index (χ0v) is 12.8. The van der Waals surface area contributed by atoms with E-state index in [0.29, 0.717) is 17.8 Å². The molecule has 1 aromatic carbocycles. The number of pyridine rings is 1. The normalized spacial score (nSPS) is 10.3. The minimum atomic E-state index is -0.0367. The fraction of sp³-hybridized carbons (Fsp3) is 0.250. The van der Waals surface area contributed by atoms with Gasteiger partial charge in [0.2, 0.25) is 0 Å². The minimum Gasteiger partial charge on any atom is -0.397 e. The second-order valence-corrected chi connectivity index (χ2v) is 5.63. The van der Waals surface area contributed by atoms with Crippen molar-refractivity contribution in [3.8, 4) is 11.1 Å². The number of nitrogens with two attached hydrogens (primary N) is 1. The predicted octanol–water partition coefficient (Wildman–Crippen LogP) is 2.81. The molecule has 21 heavy (non-hydrogen) atoms. The van der Waals surface area contributed by atoms with Crippen molar-refractivity contribution in [2.24, 2.45) is 0 Å². The van der Waals surface area contributed by atoms with E-state index in [2.05, 4.69) is 16.6 Å². The summed E-state index contributed by atoms with van der Waals surface area (Å²) >= 11 is 1.78. The molecule has 0 aliphatic heterocycles. The van der Waals surface area contributed by atoms with Crippen LogP contribution in [0.5, 0.6) is 0 Å². The Morgan fingerprint density at radius 3 is 2.71 bits per heavy atom. The van der Waals surface area contributed by atoms with E-state index in [1.54, 1.807) is 24.2 Å². The monoisotopic (exact) mass is 301 g/mol. The smallest absolute Gasteiger partial charge is 0.251 e. The number of anilines is 1. The summed E-state index contributed by atoms with van der Waals surface area (Å²) in [5, 5.41) is 2.92. The lowest BCUT2D eigenvalue weighted by molar-refractivity contribution is 0.0954. The molecule has 0 spiro atoms. The minimum absolute atomic E-state index is 0.0367. The largest absolute Gasteiger partial charge is 0.397 e. The number of carbonyl (C=O) groups is 1. The fourth-order valence-corrected chi connectivity index (χ4v) is 2.42. The van der Waals surface area contributed by atoms with Crippen LogP contribution in [0, 0.1) is 0 Å². The number of amides is 1. The van der Waals surface area contributed by atoms with Gasteiger partial charge in [0.05, 0.1) is 11.9 Å². The second kappa shape index (κ2) is 7.69. The van der Waals surface area contributed by atoms with Gasteiger partial charge in [-0.2, -0.15) is 11.8 Å². The van der Waals surface area contributed by atoms with Gasteiger partial charge >= 0.3 is 0 Å². The third-order valence-corrected chi connectivity index (χ3v) is 3.82. The maximum Gasteiger partial charge on any atom is 0.251 e. The number of aromatic nitrogens is 1.